The lowest BCUT2D eigenvalue weighted by molar-refractivity contribution is -0.128. The highest BCUT2D eigenvalue weighted by Crippen LogP contribution is 2.44. The molecule has 6 rings (SSSR count). The number of carbonyl (C=O) groups excluding carboxylic acids is 1. The van der Waals surface area contributed by atoms with Gasteiger partial charge in [0.1, 0.15) is 29.1 Å². The van der Waals surface area contributed by atoms with Crippen LogP contribution in [0.2, 0.25) is 0 Å². The maximum absolute atomic E-state index is 15.4. The van der Waals surface area contributed by atoms with Gasteiger partial charge < -0.3 is 15.2 Å². The van der Waals surface area contributed by atoms with E-state index in [0.29, 0.717) is 39.5 Å². The Morgan fingerprint density at radius 3 is 2.75 bits per heavy atom. The number of benzene rings is 1. The Morgan fingerprint density at radius 2 is 2.00 bits per heavy atom. The third kappa shape index (κ3) is 3.49. The van der Waals surface area contributed by atoms with Gasteiger partial charge in [0.25, 0.3) is 5.91 Å². The minimum absolute atomic E-state index is 0.142. The van der Waals surface area contributed by atoms with Crippen LogP contribution < -0.4 is 5.73 Å². The van der Waals surface area contributed by atoms with Crippen molar-refractivity contribution in [2.75, 3.05) is 5.73 Å². The average molecular weight is 503 g/mol. The highest BCUT2D eigenvalue weighted by molar-refractivity contribution is 7.18. The van der Waals surface area contributed by atoms with Gasteiger partial charge in [-0.2, -0.15) is 0 Å². The van der Waals surface area contributed by atoms with Crippen LogP contribution in [0.25, 0.3) is 21.3 Å². The third-order valence-electron chi connectivity index (χ3n) is 6.60. The summed E-state index contributed by atoms with van der Waals surface area (Å²) in [6.07, 6.45) is 3.41. The molecular weight excluding hydrogens is 482 g/mol. The average Bonchev–Trinajstić information content (AvgIpc) is 3.54. The van der Waals surface area contributed by atoms with Gasteiger partial charge in [-0.25, -0.2) is 23.7 Å². The molecule has 1 aliphatic heterocycles. The number of hydrogen-bond donors (Lipinski definition) is 1. The van der Waals surface area contributed by atoms with Gasteiger partial charge in [0, 0.05) is 18.5 Å². The summed E-state index contributed by atoms with van der Waals surface area (Å²) in [4.78, 5) is 27.2. The minimum Gasteiger partial charge on any atom is -0.383 e. The Labute approximate surface area is 209 Å². The number of rotatable bonds is 1. The highest BCUT2D eigenvalue weighted by Gasteiger charge is 2.32. The lowest BCUT2D eigenvalue weighted by Gasteiger charge is -2.33. The van der Waals surface area contributed by atoms with E-state index < -0.39 is 11.6 Å². The van der Waals surface area contributed by atoms with Gasteiger partial charge in [-0.1, -0.05) is 17.8 Å². The third-order valence-corrected chi connectivity index (χ3v) is 7.77. The lowest BCUT2D eigenvalue weighted by Crippen LogP contribution is -2.44. The number of hydrogen-bond acceptors (Lipinski definition) is 6. The molecule has 0 bridgehead atoms. The number of nitrogens with zero attached hydrogens (tertiary/aromatic N) is 5. The first-order valence-electron chi connectivity index (χ1n) is 11.5. The van der Waals surface area contributed by atoms with Gasteiger partial charge in [-0.3, -0.25) is 4.79 Å². The molecule has 1 saturated carbocycles. The summed E-state index contributed by atoms with van der Waals surface area (Å²) < 4.78 is 32.8. The van der Waals surface area contributed by atoms with Crippen LogP contribution in [0.15, 0.2) is 12.4 Å². The highest BCUT2D eigenvalue weighted by atomic mass is 32.1. The summed E-state index contributed by atoms with van der Waals surface area (Å²) in [5, 5.41) is 1.33. The summed E-state index contributed by atoms with van der Waals surface area (Å²) in [5.74, 6) is 9.56. The molecule has 0 radical (unpaired) electrons. The van der Waals surface area contributed by atoms with Crippen LogP contribution in [0.4, 0.5) is 14.6 Å². The van der Waals surface area contributed by atoms with Crippen molar-refractivity contribution in [2.24, 2.45) is 0 Å². The molecule has 36 heavy (non-hydrogen) atoms. The first kappa shape index (κ1) is 22.4. The molecule has 3 aromatic heterocycles. The van der Waals surface area contributed by atoms with Crippen LogP contribution in [0.1, 0.15) is 54.4 Å². The maximum atomic E-state index is 15.4. The second-order valence-corrected chi connectivity index (χ2v) is 10.1. The van der Waals surface area contributed by atoms with Crippen LogP contribution in [0.3, 0.4) is 0 Å². The zero-order valence-electron chi connectivity index (χ0n) is 19.5. The van der Waals surface area contributed by atoms with E-state index in [0.717, 1.165) is 17.8 Å². The molecule has 1 fully saturated rings. The molecule has 180 valence electrons. The molecule has 1 aromatic carbocycles. The van der Waals surface area contributed by atoms with E-state index in [1.807, 2.05) is 11.5 Å². The summed E-state index contributed by atoms with van der Waals surface area (Å²) in [6, 6.07) is 1.14. The summed E-state index contributed by atoms with van der Waals surface area (Å²) in [6.45, 7) is 4.17. The summed E-state index contributed by atoms with van der Waals surface area (Å²) >= 11 is 1.33. The monoisotopic (exact) mass is 502 g/mol. The number of fused-ring (bicyclic) bond motifs is 4. The smallest absolute Gasteiger partial charge is 0.299 e. The van der Waals surface area contributed by atoms with Crippen LogP contribution in [0.5, 0.6) is 0 Å². The van der Waals surface area contributed by atoms with Crippen molar-refractivity contribution in [1.29, 1.82) is 0 Å². The second kappa shape index (κ2) is 8.28. The van der Waals surface area contributed by atoms with Gasteiger partial charge in [-0.05, 0) is 38.7 Å². The fraction of sp³-hybridized carbons (Fsp3) is 0.308. The fourth-order valence-electron chi connectivity index (χ4n) is 4.63. The van der Waals surface area contributed by atoms with E-state index in [1.54, 1.807) is 11.8 Å². The molecule has 0 saturated heterocycles. The quantitative estimate of drug-likeness (QED) is 0.399. The van der Waals surface area contributed by atoms with Crippen molar-refractivity contribution < 1.29 is 13.6 Å². The minimum atomic E-state index is -0.772. The predicted molar refractivity (Wildman–Crippen MR) is 133 cm³/mol. The molecule has 0 spiro atoms. The topological polar surface area (TPSA) is 89.9 Å². The Balaban J connectivity index is 1.51. The second-order valence-electron chi connectivity index (χ2n) is 9.02. The van der Waals surface area contributed by atoms with Crippen LogP contribution in [-0.4, -0.2) is 36.4 Å². The number of carbonyl (C=O) groups is 1. The maximum Gasteiger partial charge on any atom is 0.299 e. The first-order chi connectivity index (χ1) is 17.4. The predicted octanol–water partition coefficient (Wildman–Crippen LogP) is 3.93. The Kier molecular flexibility index (Phi) is 5.16. The van der Waals surface area contributed by atoms with E-state index in [4.69, 9.17) is 5.73 Å². The van der Waals surface area contributed by atoms with Gasteiger partial charge in [-0.15, -0.1) is 11.3 Å². The molecule has 1 unspecified atom stereocenters. The molecule has 1 atom stereocenters. The molecule has 4 aromatic rings. The Hall–Kier alpha value is -4.02. The van der Waals surface area contributed by atoms with Crippen LogP contribution in [-0.2, 0) is 17.9 Å². The molecule has 10 heteroatoms. The fourth-order valence-corrected chi connectivity index (χ4v) is 5.79. The molecule has 2 aliphatic rings. The van der Waals surface area contributed by atoms with Crippen LogP contribution >= 0.6 is 11.3 Å². The van der Waals surface area contributed by atoms with Crippen molar-refractivity contribution in [2.45, 2.75) is 51.7 Å². The standard InChI is InChI=1S/C26H20F2N6OS/c1-3-4-20(35)33-11-18-16(21-24(29)30-12-31-25(21)34(18)10-13(33)2)8-7-15-17(27)9-19-23(22(15)28)32-26(36-19)14-5-6-14/h9,12-14H,5-6,10-11H2,1-2H3,(H2,29,30,31). The number of halogens is 2. The molecule has 1 aliphatic carbocycles. The number of thiazole rings is 1. The van der Waals surface area contributed by atoms with Crippen molar-refractivity contribution >= 4 is 44.3 Å². The van der Waals surface area contributed by atoms with Crippen molar-refractivity contribution in [3.05, 3.63) is 45.9 Å². The molecule has 2 N–H and O–H groups in total. The number of anilines is 1. The zero-order chi connectivity index (χ0) is 25.1. The van der Waals surface area contributed by atoms with Crippen LogP contribution in [0, 0.1) is 35.3 Å². The molecule has 1 amide bonds. The van der Waals surface area contributed by atoms with Crippen molar-refractivity contribution in [3.8, 4) is 23.7 Å². The SMILES string of the molecule is CC#CC(=O)N1Cc2c(C#Cc3c(F)cc4sc(C5CC5)nc4c3F)c3c(N)ncnc3n2CC1C. The van der Waals surface area contributed by atoms with E-state index in [9.17, 15) is 9.18 Å². The summed E-state index contributed by atoms with van der Waals surface area (Å²) in [7, 11) is 0. The zero-order valence-corrected chi connectivity index (χ0v) is 20.3. The molecular formula is C26H20F2N6OS. The van der Waals surface area contributed by atoms with E-state index in [1.165, 1.54) is 23.7 Å². The van der Waals surface area contributed by atoms with E-state index in [-0.39, 0.29) is 35.4 Å². The number of nitrogen functional groups attached to an aromatic ring is 1. The normalized spacial score (nSPS) is 16.9. The van der Waals surface area contributed by atoms with Crippen molar-refractivity contribution in [1.82, 2.24) is 24.4 Å². The van der Waals surface area contributed by atoms with E-state index in [2.05, 4.69) is 38.6 Å². The molecule has 7 nitrogen and oxygen atoms in total. The van der Waals surface area contributed by atoms with Crippen molar-refractivity contribution in [3.63, 3.8) is 0 Å². The van der Waals surface area contributed by atoms with Gasteiger partial charge in [0.05, 0.1) is 38.5 Å². The van der Waals surface area contributed by atoms with Gasteiger partial charge in [0.2, 0.25) is 0 Å². The Bertz CT molecular complexity index is 1710. The number of amides is 1. The largest absolute Gasteiger partial charge is 0.383 e. The summed E-state index contributed by atoms with van der Waals surface area (Å²) in [5.41, 5.74) is 7.65. The van der Waals surface area contributed by atoms with E-state index >= 15 is 4.39 Å². The number of aromatic nitrogens is 4. The Morgan fingerprint density at radius 1 is 1.22 bits per heavy atom. The van der Waals surface area contributed by atoms with Gasteiger partial charge in [0.15, 0.2) is 5.82 Å². The lowest BCUT2D eigenvalue weighted by atomic mass is 10.1. The van der Waals surface area contributed by atoms with Gasteiger partial charge >= 0.3 is 0 Å². The first-order valence-corrected chi connectivity index (χ1v) is 12.3. The number of nitrogens with two attached hydrogens (primary N) is 1. The molecule has 4 heterocycles.